The average Bonchev–Trinajstić information content (AvgIpc) is 2.60. The van der Waals surface area contributed by atoms with E-state index in [4.69, 9.17) is 32.7 Å². The van der Waals surface area contributed by atoms with E-state index in [1.165, 1.54) is 0 Å². The number of hydrogen-bond acceptors (Lipinski definition) is 4. The summed E-state index contributed by atoms with van der Waals surface area (Å²) in [6, 6.07) is 11.0. The molecule has 0 aromatic heterocycles. The van der Waals surface area contributed by atoms with Crippen LogP contribution in [0.1, 0.15) is 31.9 Å². The minimum atomic E-state index is -1.15. The van der Waals surface area contributed by atoms with Crippen molar-refractivity contribution in [2.75, 3.05) is 0 Å². The quantitative estimate of drug-likeness (QED) is 0.627. The van der Waals surface area contributed by atoms with Gasteiger partial charge in [0.2, 0.25) is 0 Å². The Labute approximate surface area is 179 Å². The Morgan fingerprint density at radius 1 is 1.07 bits per heavy atom. The molecule has 0 saturated heterocycles. The van der Waals surface area contributed by atoms with Crippen LogP contribution in [0.25, 0.3) is 0 Å². The minimum absolute atomic E-state index is 0.102. The van der Waals surface area contributed by atoms with Gasteiger partial charge in [0.05, 0.1) is 0 Å². The highest BCUT2D eigenvalue weighted by Crippen LogP contribution is 2.26. The third-order valence-electron chi connectivity index (χ3n) is 3.80. The molecule has 0 radical (unpaired) electrons. The first-order chi connectivity index (χ1) is 13.5. The molecule has 0 saturated carbocycles. The third kappa shape index (κ3) is 7.48. The molecule has 0 aliphatic rings. The minimum Gasteiger partial charge on any atom is -0.489 e. The molecule has 0 heterocycles. The maximum Gasteiger partial charge on any atom is 0.408 e. The first-order valence-electron chi connectivity index (χ1n) is 8.92. The van der Waals surface area contributed by atoms with Crippen LogP contribution in [-0.4, -0.2) is 28.8 Å². The van der Waals surface area contributed by atoms with Gasteiger partial charge in [-0.05, 0) is 50.6 Å². The summed E-state index contributed by atoms with van der Waals surface area (Å²) in [5.41, 5.74) is 0.695. The van der Waals surface area contributed by atoms with Crippen LogP contribution in [-0.2, 0) is 22.6 Å². The molecule has 156 valence electrons. The summed E-state index contributed by atoms with van der Waals surface area (Å²) in [5, 5.41) is 12.8. The second-order valence-corrected chi connectivity index (χ2v) is 8.19. The van der Waals surface area contributed by atoms with Gasteiger partial charge in [-0.3, -0.25) is 0 Å². The Kier molecular flexibility index (Phi) is 7.76. The number of carbonyl (C=O) groups is 2. The highest BCUT2D eigenvalue weighted by molar-refractivity contribution is 6.35. The standard InChI is InChI=1S/C21H23Cl2NO5/c1-21(2,3)29-20(27)24-18(19(25)26)11-13-7-9-14(10-8-13)28-12-15-16(22)5-4-6-17(15)23/h4-10,18H,11-12H2,1-3H3,(H,24,27)(H,25,26)/t18-/m1/s1. The highest BCUT2D eigenvalue weighted by Gasteiger charge is 2.24. The number of aliphatic carboxylic acids is 1. The van der Waals surface area contributed by atoms with Gasteiger partial charge in [-0.15, -0.1) is 0 Å². The number of benzene rings is 2. The van der Waals surface area contributed by atoms with Crippen molar-refractivity contribution < 1.29 is 24.2 Å². The van der Waals surface area contributed by atoms with Gasteiger partial charge >= 0.3 is 12.1 Å². The van der Waals surface area contributed by atoms with Crippen LogP contribution in [0.3, 0.4) is 0 Å². The molecule has 0 fully saturated rings. The van der Waals surface area contributed by atoms with E-state index in [0.29, 0.717) is 21.4 Å². The van der Waals surface area contributed by atoms with E-state index in [1.54, 1.807) is 63.2 Å². The second-order valence-electron chi connectivity index (χ2n) is 7.37. The van der Waals surface area contributed by atoms with Crippen molar-refractivity contribution in [1.82, 2.24) is 5.32 Å². The molecule has 2 aromatic rings. The lowest BCUT2D eigenvalue weighted by Crippen LogP contribution is -2.44. The van der Waals surface area contributed by atoms with E-state index in [0.717, 1.165) is 5.56 Å². The van der Waals surface area contributed by atoms with Crippen molar-refractivity contribution >= 4 is 35.3 Å². The molecule has 2 N–H and O–H groups in total. The fourth-order valence-corrected chi connectivity index (χ4v) is 2.94. The molecule has 29 heavy (non-hydrogen) atoms. The van der Waals surface area contributed by atoms with Crippen LogP contribution in [0.4, 0.5) is 4.79 Å². The first kappa shape index (κ1) is 22.8. The van der Waals surface area contributed by atoms with Gasteiger partial charge < -0.3 is 19.9 Å². The number of carboxylic acids is 1. The maximum atomic E-state index is 11.9. The molecule has 8 heteroatoms. The van der Waals surface area contributed by atoms with Crippen LogP contribution in [0.15, 0.2) is 42.5 Å². The molecule has 0 aliphatic carbocycles. The Bertz CT molecular complexity index is 842. The van der Waals surface area contributed by atoms with Crippen molar-refractivity contribution in [2.24, 2.45) is 0 Å². The lowest BCUT2D eigenvalue weighted by atomic mass is 10.1. The van der Waals surface area contributed by atoms with Gasteiger partial charge in [-0.1, -0.05) is 41.4 Å². The maximum absolute atomic E-state index is 11.9. The Morgan fingerprint density at radius 2 is 1.66 bits per heavy atom. The molecular formula is C21H23Cl2NO5. The van der Waals surface area contributed by atoms with E-state index in [2.05, 4.69) is 5.32 Å². The number of halogens is 2. The van der Waals surface area contributed by atoms with Crippen molar-refractivity contribution in [3.63, 3.8) is 0 Å². The number of carboxylic acid groups (broad SMARTS) is 1. The highest BCUT2D eigenvalue weighted by atomic mass is 35.5. The van der Waals surface area contributed by atoms with Crippen LogP contribution in [0.2, 0.25) is 10.0 Å². The van der Waals surface area contributed by atoms with Crippen LogP contribution < -0.4 is 10.1 Å². The summed E-state index contributed by atoms with van der Waals surface area (Å²) < 4.78 is 10.8. The Morgan fingerprint density at radius 3 is 2.17 bits per heavy atom. The molecule has 0 unspecified atom stereocenters. The Hall–Kier alpha value is -2.44. The molecule has 2 aromatic carbocycles. The first-order valence-corrected chi connectivity index (χ1v) is 9.67. The zero-order valence-electron chi connectivity index (χ0n) is 16.4. The summed E-state index contributed by atoms with van der Waals surface area (Å²) in [7, 11) is 0. The fraction of sp³-hybridized carbons (Fsp3) is 0.333. The number of ether oxygens (including phenoxy) is 2. The molecular weight excluding hydrogens is 417 g/mol. The van der Waals surface area contributed by atoms with Gasteiger partial charge in [0.15, 0.2) is 0 Å². The normalized spacial score (nSPS) is 12.2. The summed E-state index contributed by atoms with van der Waals surface area (Å²) >= 11 is 12.2. The largest absolute Gasteiger partial charge is 0.489 e. The SMILES string of the molecule is CC(C)(C)OC(=O)N[C@H](Cc1ccc(OCc2c(Cl)cccc2Cl)cc1)C(=O)O. The monoisotopic (exact) mass is 439 g/mol. The van der Waals surface area contributed by atoms with Crippen molar-refractivity contribution in [1.29, 1.82) is 0 Å². The lowest BCUT2D eigenvalue weighted by molar-refractivity contribution is -0.139. The van der Waals surface area contributed by atoms with Gasteiger partial charge in [-0.2, -0.15) is 0 Å². The van der Waals surface area contributed by atoms with Crippen molar-refractivity contribution in [3.8, 4) is 5.75 Å². The third-order valence-corrected chi connectivity index (χ3v) is 4.51. The zero-order chi connectivity index (χ0) is 21.6. The number of amides is 1. The predicted molar refractivity (Wildman–Crippen MR) is 112 cm³/mol. The van der Waals surface area contributed by atoms with Gasteiger partial charge in [0, 0.05) is 22.0 Å². The fourth-order valence-electron chi connectivity index (χ4n) is 2.43. The van der Waals surface area contributed by atoms with Crippen LogP contribution in [0.5, 0.6) is 5.75 Å². The molecule has 1 amide bonds. The molecule has 0 spiro atoms. The predicted octanol–water partition coefficient (Wildman–Crippen LogP) is 5.09. The topological polar surface area (TPSA) is 84.9 Å². The van der Waals surface area contributed by atoms with Crippen molar-refractivity contribution in [2.45, 2.75) is 45.4 Å². The Balaban J connectivity index is 1.97. The van der Waals surface area contributed by atoms with Gasteiger partial charge in [-0.25, -0.2) is 9.59 Å². The van der Waals surface area contributed by atoms with E-state index >= 15 is 0 Å². The van der Waals surface area contributed by atoms with E-state index in [-0.39, 0.29) is 13.0 Å². The molecule has 1 atom stereocenters. The molecule has 2 rings (SSSR count). The molecule has 6 nitrogen and oxygen atoms in total. The average molecular weight is 440 g/mol. The van der Waals surface area contributed by atoms with Gasteiger partial charge in [0.1, 0.15) is 24.0 Å². The van der Waals surface area contributed by atoms with Gasteiger partial charge in [0.25, 0.3) is 0 Å². The van der Waals surface area contributed by atoms with Crippen LogP contribution >= 0.6 is 23.2 Å². The summed E-state index contributed by atoms with van der Waals surface area (Å²) in [6.45, 7) is 5.32. The molecule has 0 aliphatic heterocycles. The second kappa shape index (κ2) is 9.85. The summed E-state index contributed by atoms with van der Waals surface area (Å²) in [4.78, 5) is 23.3. The number of carbonyl (C=O) groups excluding carboxylic acids is 1. The lowest BCUT2D eigenvalue weighted by Gasteiger charge is -2.22. The summed E-state index contributed by atoms with van der Waals surface area (Å²) in [5.74, 6) is -0.568. The smallest absolute Gasteiger partial charge is 0.408 e. The van der Waals surface area contributed by atoms with E-state index in [9.17, 15) is 14.7 Å². The van der Waals surface area contributed by atoms with Crippen LogP contribution in [0, 0.1) is 0 Å². The van der Waals surface area contributed by atoms with Crippen molar-refractivity contribution in [3.05, 3.63) is 63.6 Å². The number of hydrogen-bond donors (Lipinski definition) is 2. The summed E-state index contributed by atoms with van der Waals surface area (Å²) in [6.07, 6.45) is -0.674. The molecule has 0 bridgehead atoms. The zero-order valence-corrected chi connectivity index (χ0v) is 17.9. The van der Waals surface area contributed by atoms with E-state index < -0.39 is 23.7 Å². The number of alkyl carbamates (subject to hydrolysis) is 1. The van der Waals surface area contributed by atoms with E-state index in [1.807, 2.05) is 0 Å². The number of nitrogens with one attached hydrogen (secondary N) is 1. The number of rotatable bonds is 7.